The van der Waals surface area contributed by atoms with Crippen LogP contribution < -0.4 is 0 Å². The Balaban J connectivity index is 2.01. The third-order valence-electron chi connectivity index (χ3n) is 3.61. The molecule has 0 heterocycles. The van der Waals surface area contributed by atoms with Crippen LogP contribution in [-0.2, 0) is 27.8 Å². The molecule has 0 saturated heterocycles. The van der Waals surface area contributed by atoms with Gasteiger partial charge in [0.25, 0.3) is 0 Å². The molecule has 0 bridgehead atoms. The Hall–Kier alpha value is -1.65. The molecule has 0 aliphatic rings. The van der Waals surface area contributed by atoms with Gasteiger partial charge in [-0.05, 0) is 43.0 Å². The molecule has 2 rings (SSSR count). The average molecular weight is 351 g/mol. The predicted octanol–water partition coefficient (Wildman–Crippen LogP) is 3.98. The van der Waals surface area contributed by atoms with Crippen molar-refractivity contribution in [2.75, 3.05) is 0 Å². The van der Waals surface area contributed by atoms with Crippen LogP contribution in [0.25, 0.3) is 0 Å². The molecule has 23 heavy (non-hydrogen) atoms. The largest absolute Gasteiger partial charge is 0.480 e. The van der Waals surface area contributed by atoms with E-state index in [-0.39, 0.29) is 5.75 Å². The van der Waals surface area contributed by atoms with Crippen LogP contribution in [-0.4, -0.2) is 20.5 Å². The van der Waals surface area contributed by atoms with Gasteiger partial charge in [-0.2, -0.15) is 0 Å². The van der Waals surface area contributed by atoms with Crippen LogP contribution >= 0.6 is 11.6 Å². The van der Waals surface area contributed by atoms with Crippen molar-refractivity contribution in [3.05, 3.63) is 70.2 Å². The number of hydrogen-bond acceptors (Lipinski definition) is 2. The molecule has 0 aliphatic carbocycles. The van der Waals surface area contributed by atoms with E-state index in [9.17, 15) is 14.1 Å². The summed E-state index contributed by atoms with van der Waals surface area (Å²) < 4.78 is 12.4. The Bertz CT molecular complexity index is 698. The zero-order chi connectivity index (χ0) is 16.8. The summed E-state index contributed by atoms with van der Waals surface area (Å²) in [6.45, 7) is 2.00. The van der Waals surface area contributed by atoms with E-state index in [1.165, 1.54) is 0 Å². The van der Waals surface area contributed by atoms with E-state index < -0.39 is 22.0 Å². The molecule has 2 aromatic carbocycles. The van der Waals surface area contributed by atoms with Gasteiger partial charge in [0.1, 0.15) is 5.25 Å². The molecule has 1 N–H and O–H groups in total. The van der Waals surface area contributed by atoms with Crippen LogP contribution in [0.15, 0.2) is 48.5 Å². The summed E-state index contributed by atoms with van der Waals surface area (Å²) in [5.41, 5.74) is 3.01. The van der Waals surface area contributed by atoms with E-state index in [2.05, 4.69) is 0 Å². The number of rotatable bonds is 7. The first-order valence-electron chi connectivity index (χ1n) is 7.35. The lowest BCUT2D eigenvalue weighted by molar-refractivity contribution is -0.136. The number of halogens is 1. The van der Waals surface area contributed by atoms with Gasteiger partial charge in [0.05, 0.1) is 0 Å². The van der Waals surface area contributed by atoms with Crippen LogP contribution in [0, 0.1) is 6.92 Å². The number of carboxylic acids is 1. The van der Waals surface area contributed by atoms with Gasteiger partial charge in [0.15, 0.2) is 0 Å². The molecular formula is C18H19ClO3S. The first-order valence-corrected chi connectivity index (χ1v) is 9.11. The first-order chi connectivity index (χ1) is 11.0. The first kappa shape index (κ1) is 17.7. The number of benzene rings is 2. The number of carbonyl (C=O) groups is 1. The van der Waals surface area contributed by atoms with Crippen LogP contribution in [0.1, 0.15) is 23.1 Å². The molecule has 0 aliphatic heterocycles. The molecule has 2 aromatic rings. The van der Waals surface area contributed by atoms with Crippen molar-refractivity contribution in [3.63, 3.8) is 0 Å². The lowest BCUT2D eigenvalue weighted by Crippen LogP contribution is -2.27. The normalized spacial score (nSPS) is 13.5. The van der Waals surface area contributed by atoms with Crippen molar-refractivity contribution in [2.45, 2.75) is 30.8 Å². The molecule has 122 valence electrons. The highest BCUT2D eigenvalue weighted by Gasteiger charge is 2.24. The Labute approximate surface area is 143 Å². The van der Waals surface area contributed by atoms with Crippen LogP contribution in [0.4, 0.5) is 0 Å². The molecule has 2 atom stereocenters. The van der Waals surface area contributed by atoms with Gasteiger partial charge in [-0.15, -0.1) is 0 Å². The van der Waals surface area contributed by atoms with Gasteiger partial charge in [-0.25, -0.2) is 0 Å². The fourth-order valence-electron chi connectivity index (χ4n) is 2.31. The molecule has 5 heteroatoms. The van der Waals surface area contributed by atoms with Gasteiger partial charge >= 0.3 is 5.97 Å². The summed E-state index contributed by atoms with van der Waals surface area (Å²) in [6.07, 6.45) is 0.949. The van der Waals surface area contributed by atoms with Gasteiger partial charge in [-0.1, -0.05) is 53.6 Å². The third-order valence-corrected chi connectivity index (χ3v) is 5.53. The van der Waals surface area contributed by atoms with Crippen molar-refractivity contribution in [3.8, 4) is 0 Å². The van der Waals surface area contributed by atoms with Crippen molar-refractivity contribution >= 4 is 28.4 Å². The molecule has 3 nitrogen and oxygen atoms in total. The Kier molecular flexibility index (Phi) is 6.37. The van der Waals surface area contributed by atoms with E-state index in [1.54, 1.807) is 18.2 Å². The summed E-state index contributed by atoms with van der Waals surface area (Å²) in [7, 11) is -1.48. The summed E-state index contributed by atoms with van der Waals surface area (Å²) in [5.74, 6) is -0.816. The lowest BCUT2D eigenvalue weighted by atomic mass is 10.1. The maximum Gasteiger partial charge on any atom is 0.319 e. The van der Waals surface area contributed by atoms with E-state index in [1.807, 2.05) is 37.3 Å². The smallest absolute Gasteiger partial charge is 0.319 e. The minimum atomic E-state index is -1.48. The van der Waals surface area contributed by atoms with Gasteiger partial charge < -0.3 is 5.11 Å². The van der Waals surface area contributed by atoms with E-state index in [0.29, 0.717) is 17.9 Å². The minimum Gasteiger partial charge on any atom is -0.480 e. The van der Waals surface area contributed by atoms with Crippen molar-refractivity contribution in [2.24, 2.45) is 0 Å². The molecule has 2 unspecified atom stereocenters. The maximum atomic E-state index is 12.4. The van der Waals surface area contributed by atoms with Crippen LogP contribution in [0.3, 0.4) is 0 Å². The van der Waals surface area contributed by atoms with Crippen LogP contribution in [0.5, 0.6) is 0 Å². The second-order valence-corrected chi connectivity index (χ2v) is 7.56. The summed E-state index contributed by atoms with van der Waals surface area (Å²) >= 11 is 5.91. The quantitative estimate of drug-likeness (QED) is 0.821. The van der Waals surface area contributed by atoms with Crippen LogP contribution in [0.2, 0.25) is 5.02 Å². The summed E-state index contributed by atoms with van der Waals surface area (Å²) in [5, 5.41) is 9.06. The lowest BCUT2D eigenvalue weighted by Gasteiger charge is -2.12. The SMILES string of the molecule is Cc1ccc(CCC(C(=O)O)S(=O)Cc2cccc(Cl)c2)cc1. The zero-order valence-electron chi connectivity index (χ0n) is 12.9. The molecule has 0 saturated carbocycles. The van der Waals surface area contributed by atoms with E-state index in [4.69, 9.17) is 11.6 Å². The van der Waals surface area contributed by atoms with Gasteiger partial charge in [-0.3, -0.25) is 9.00 Å². The monoisotopic (exact) mass is 350 g/mol. The fraction of sp³-hybridized carbons (Fsp3) is 0.278. The number of aliphatic carboxylic acids is 1. The Morgan fingerprint density at radius 2 is 1.87 bits per heavy atom. The standard InChI is InChI=1S/C18H19ClO3S/c1-13-5-7-14(8-6-13)9-10-17(18(20)21)23(22)12-15-3-2-4-16(19)11-15/h2-8,11,17H,9-10,12H2,1H3,(H,20,21). The number of aryl methyl sites for hydroxylation is 2. The van der Waals surface area contributed by atoms with Crippen molar-refractivity contribution in [1.82, 2.24) is 0 Å². The number of hydrogen-bond donors (Lipinski definition) is 1. The fourth-order valence-corrected chi connectivity index (χ4v) is 3.84. The average Bonchev–Trinajstić information content (AvgIpc) is 2.49. The molecule has 0 fully saturated rings. The number of carboxylic acid groups (broad SMARTS) is 1. The van der Waals surface area contributed by atoms with Gasteiger partial charge in [0, 0.05) is 21.6 Å². The Morgan fingerprint density at radius 3 is 2.48 bits per heavy atom. The van der Waals surface area contributed by atoms with Crippen molar-refractivity contribution in [1.29, 1.82) is 0 Å². The van der Waals surface area contributed by atoms with E-state index in [0.717, 1.165) is 16.7 Å². The predicted molar refractivity (Wildman–Crippen MR) is 94.2 cm³/mol. The molecule has 0 aromatic heterocycles. The summed E-state index contributed by atoms with van der Waals surface area (Å²) in [4.78, 5) is 11.5. The van der Waals surface area contributed by atoms with Gasteiger partial charge in [0.2, 0.25) is 0 Å². The molecule has 0 amide bonds. The third kappa shape index (κ3) is 5.48. The highest BCUT2D eigenvalue weighted by atomic mass is 35.5. The summed E-state index contributed by atoms with van der Waals surface area (Å²) in [6, 6.07) is 15.0. The maximum absolute atomic E-state index is 12.4. The zero-order valence-corrected chi connectivity index (χ0v) is 14.4. The van der Waals surface area contributed by atoms with E-state index >= 15 is 0 Å². The highest BCUT2D eigenvalue weighted by Crippen LogP contribution is 2.17. The van der Waals surface area contributed by atoms with Crippen molar-refractivity contribution < 1.29 is 14.1 Å². The molecule has 0 spiro atoms. The second kappa shape index (κ2) is 8.27. The molecule has 0 radical (unpaired) electrons. The molecular weight excluding hydrogens is 332 g/mol. The minimum absolute atomic E-state index is 0.200. The highest BCUT2D eigenvalue weighted by molar-refractivity contribution is 7.85. The topological polar surface area (TPSA) is 54.4 Å². The Morgan fingerprint density at radius 1 is 1.17 bits per heavy atom. The second-order valence-electron chi connectivity index (χ2n) is 5.51.